The van der Waals surface area contributed by atoms with Crippen LogP contribution in [0.2, 0.25) is 0 Å². The van der Waals surface area contributed by atoms with Gasteiger partial charge in [0.1, 0.15) is 0 Å². The first-order chi connectivity index (χ1) is 11.5. The summed E-state index contributed by atoms with van der Waals surface area (Å²) < 4.78 is 2.01. The Morgan fingerprint density at radius 1 is 1.20 bits per heavy atom. The molecule has 0 atom stereocenters. The molecule has 0 spiro atoms. The molecule has 0 bridgehead atoms. The van der Waals surface area contributed by atoms with E-state index in [9.17, 15) is 0 Å². The summed E-state index contributed by atoms with van der Waals surface area (Å²) >= 11 is 0. The van der Waals surface area contributed by atoms with Crippen LogP contribution >= 0.6 is 0 Å². The van der Waals surface area contributed by atoms with Crippen LogP contribution < -0.4 is 0 Å². The number of hydrogen-bond donors (Lipinski definition) is 0. The van der Waals surface area contributed by atoms with Crippen molar-refractivity contribution in [3.05, 3.63) is 47.5 Å². The largest absolute Gasteiger partial charge is 0.267 e. The average molecular weight is 341 g/mol. The molecule has 0 fully saturated rings. The van der Waals surface area contributed by atoms with E-state index in [4.69, 9.17) is 5.26 Å². The van der Waals surface area contributed by atoms with E-state index in [0.29, 0.717) is 5.92 Å². The summed E-state index contributed by atoms with van der Waals surface area (Å²) in [7, 11) is 0. The van der Waals surface area contributed by atoms with Gasteiger partial charge in [0.25, 0.3) is 0 Å². The Bertz CT molecular complexity index is 712. The zero-order valence-electron chi connectivity index (χ0n) is 17.0. The highest BCUT2D eigenvalue weighted by Gasteiger charge is 2.21. The van der Waals surface area contributed by atoms with Gasteiger partial charge in [0.2, 0.25) is 0 Å². The fourth-order valence-electron chi connectivity index (χ4n) is 2.11. The Labute approximate surface area is 152 Å². The molecule has 0 aliphatic rings. The van der Waals surface area contributed by atoms with Crippen molar-refractivity contribution in [2.75, 3.05) is 0 Å². The number of nitriles is 1. The molecule has 2 aromatic rings. The van der Waals surface area contributed by atoms with E-state index in [-0.39, 0.29) is 5.54 Å². The van der Waals surface area contributed by atoms with Gasteiger partial charge in [-0.05, 0) is 70.2 Å². The highest BCUT2D eigenvalue weighted by molar-refractivity contribution is 5.28. The van der Waals surface area contributed by atoms with Crippen LogP contribution in [-0.4, -0.2) is 14.8 Å². The van der Waals surface area contributed by atoms with Crippen molar-refractivity contribution in [3.8, 4) is 6.07 Å². The lowest BCUT2D eigenvalue weighted by Crippen LogP contribution is -2.21. The monoisotopic (exact) mass is 340 g/mol. The number of aromatic nitrogens is 3. The van der Waals surface area contributed by atoms with Crippen molar-refractivity contribution in [2.24, 2.45) is 0 Å². The molecule has 0 radical (unpaired) electrons. The van der Waals surface area contributed by atoms with E-state index in [2.05, 4.69) is 63.9 Å². The number of pyridine rings is 1. The van der Waals surface area contributed by atoms with E-state index in [0.717, 1.165) is 12.1 Å². The van der Waals surface area contributed by atoms with E-state index >= 15 is 0 Å². The summed E-state index contributed by atoms with van der Waals surface area (Å²) in [5, 5.41) is 13.3. The van der Waals surface area contributed by atoms with E-state index in [1.165, 1.54) is 11.1 Å². The van der Waals surface area contributed by atoms with E-state index in [1.54, 1.807) is 6.20 Å². The molecule has 4 heteroatoms. The lowest BCUT2D eigenvalue weighted by Gasteiger charge is -2.18. The van der Waals surface area contributed by atoms with Crippen LogP contribution in [0.25, 0.3) is 0 Å². The second-order valence-electron chi connectivity index (χ2n) is 8.18. The molecule has 2 heterocycles. The molecule has 4 nitrogen and oxygen atoms in total. The van der Waals surface area contributed by atoms with Crippen molar-refractivity contribution in [2.45, 2.75) is 78.7 Å². The number of nitrogens with zero attached hydrogens (tertiary/aromatic N) is 4. The minimum Gasteiger partial charge on any atom is -0.267 e. The average Bonchev–Trinajstić information content (AvgIpc) is 3.05. The lowest BCUT2D eigenvalue weighted by atomic mass is 9.89. The second-order valence-corrected chi connectivity index (χ2v) is 8.18. The molecule has 0 aromatic carbocycles. The first kappa shape index (κ1) is 20.9. The predicted octanol–water partition coefficient (Wildman–Crippen LogP) is 5.21. The molecule has 0 saturated carbocycles. The van der Waals surface area contributed by atoms with Crippen molar-refractivity contribution in [1.82, 2.24) is 14.8 Å². The molecule has 0 aliphatic heterocycles. The summed E-state index contributed by atoms with van der Waals surface area (Å²) in [6, 6.07) is 6.28. The van der Waals surface area contributed by atoms with Crippen LogP contribution in [0, 0.1) is 11.3 Å². The quantitative estimate of drug-likeness (QED) is 0.771. The maximum absolute atomic E-state index is 8.99. The van der Waals surface area contributed by atoms with Crippen LogP contribution in [-0.2, 0) is 17.4 Å². The highest BCUT2D eigenvalue weighted by atomic mass is 15.3. The lowest BCUT2D eigenvalue weighted by molar-refractivity contribution is 0.355. The molecule has 0 N–H and O–H groups in total. The summed E-state index contributed by atoms with van der Waals surface area (Å²) in [6.45, 7) is 16.7. The Morgan fingerprint density at radius 2 is 1.84 bits per heavy atom. The number of hydrogen-bond acceptors (Lipinski definition) is 3. The molecule has 0 unspecified atom stereocenters. The Kier molecular flexibility index (Phi) is 6.93. The van der Waals surface area contributed by atoms with Gasteiger partial charge in [0, 0.05) is 12.4 Å². The summed E-state index contributed by atoms with van der Waals surface area (Å²) in [4.78, 5) is 4.24. The van der Waals surface area contributed by atoms with Crippen molar-refractivity contribution >= 4 is 0 Å². The van der Waals surface area contributed by atoms with Gasteiger partial charge in [0.15, 0.2) is 0 Å². The summed E-state index contributed by atoms with van der Waals surface area (Å²) in [5.74, 6) is 0.478. The van der Waals surface area contributed by atoms with Gasteiger partial charge in [0.05, 0.1) is 28.9 Å². The van der Waals surface area contributed by atoms with Gasteiger partial charge in [-0.2, -0.15) is 10.4 Å². The third kappa shape index (κ3) is 6.01. The van der Waals surface area contributed by atoms with Gasteiger partial charge >= 0.3 is 0 Å². The molecule has 0 aliphatic carbocycles. The number of aryl methyl sites for hydroxylation is 1. The normalized spacial score (nSPS) is 11.7. The molecule has 25 heavy (non-hydrogen) atoms. The predicted molar refractivity (Wildman–Crippen MR) is 104 cm³/mol. The maximum Gasteiger partial charge on any atom is 0.0937 e. The van der Waals surface area contributed by atoms with E-state index in [1.807, 2.05) is 36.9 Å². The van der Waals surface area contributed by atoms with Crippen LogP contribution in [0.4, 0.5) is 0 Å². The molecule has 2 aromatic heterocycles. The molecule has 0 amide bonds. The van der Waals surface area contributed by atoms with E-state index < -0.39 is 5.41 Å². The zero-order valence-corrected chi connectivity index (χ0v) is 17.0. The minimum atomic E-state index is -0.495. The zero-order chi connectivity index (χ0) is 19.3. The van der Waals surface area contributed by atoms with Gasteiger partial charge in [-0.1, -0.05) is 20.8 Å². The maximum atomic E-state index is 8.99. The van der Waals surface area contributed by atoms with Gasteiger partial charge in [-0.3, -0.25) is 9.67 Å². The van der Waals surface area contributed by atoms with Crippen molar-refractivity contribution in [1.29, 1.82) is 5.26 Å². The Morgan fingerprint density at radius 3 is 2.24 bits per heavy atom. The third-order valence-corrected chi connectivity index (χ3v) is 4.10. The summed E-state index contributed by atoms with van der Waals surface area (Å²) in [6.07, 6.45) is 6.89. The third-order valence-electron chi connectivity index (χ3n) is 4.10. The first-order valence-corrected chi connectivity index (χ1v) is 8.93. The van der Waals surface area contributed by atoms with Crippen molar-refractivity contribution in [3.63, 3.8) is 0 Å². The molecular weight excluding hydrogens is 308 g/mol. The van der Waals surface area contributed by atoms with Gasteiger partial charge in [-0.15, -0.1) is 0 Å². The number of rotatable bonds is 3. The topological polar surface area (TPSA) is 54.5 Å². The molecule has 0 saturated heterocycles. The standard InChI is InChI=1S/C12H16N2.C9H16N2/c1-9(2)10-5-6-14-11(7-10)12(3,4)8-13;1-5-8-6-10-11(7-8)9(2,3)4/h5-7,9H,1-4H3;6-7H,5H2,1-4H3. The SMILES string of the molecule is CC(C)c1ccnc(C(C)(C)C#N)c1.CCc1cnn(C(C)(C)C)c1. The molecule has 136 valence electrons. The van der Waals surface area contributed by atoms with Crippen molar-refractivity contribution < 1.29 is 0 Å². The Balaban J connectivity index is 0.000000257. The first-order valence-electron chi connectivity index (χ1n) is 8.93. The molecular formula is C21H32N4. The summed E-state index contributed by atoms with van der Waals surface area (Å²) in [5.41, 5.74) is 3.02. The van der Waals surface area contributed by atoms with Crippen LogP contribution in [0.3, 0.4) is 0 Å². The van der Waals surface area contributed by atoms with Crippen LogP contribution in [0.5, 0.6) is 0 Å². The second kappa shape index (κ2) is 8.29. The highest BCUT2D eigenvalue weighted by Crippen LogP contribution is 2.23. The minimum absolute atomic E-state index is 0.118. The van der Waals surface area contributed by atoms with Crippen LogP contribution in [0.15, 0.2) is 30.7 Å². The van der Waals surface area contributed by atoms with Gasteiger partial charge < -0.3 is 0 Å². The van der Waals surface area contributed by atoms with Crippen LogP contribution in [0.1, 0.15) is 78.1 Å². The molecule has 2 rings (SSSR count). The van der Waals surface area contributed by atoms with Gasteiger partial charge in [-0.25, -0.2) is 0 Å². The smallest absolute Gasteiger partial charge is 0.0937 e. The fraction of sp³-hybridized carbons (Fsp3) is 0.571. The Hall–Kier alpha value is -2.15. The fourth-order valence-corrected chi connectivity index (χ4v) is 2.11.